The molecule has 0 spiro atoms. The average molecular weight is 253 g/mol. The van der Waals surface area contributed by atoms with Gasteiger partial charge in [0.2, 0.25) is 0 Å². The maximum absolute atomic E-state index is 5.69. The molecule has 2 heterocycles. The van der Waals surface area contributed by atoms with Crippen LogP contribution < -0.4 is 5.73 Å². The molecule has 3 nitrogen and oxygen atoms in total. The van der Waals surface area contributed by atoms with Gasteiger partial charge in [-0.3, -0.25) is 9.97 Å². The number of rotatable bonds is 3. The number of hydrogen-bond donors (Lipinski definition) is 1. The van der Waals surface area contributed by atoms with Crippen molar-refractivity contribution in [2.75, 3.05) is 5.73 Å². The van der Waals surface area contributed by atoms with Gasteiger partial charge in [0.15, 0.2) is 0 Å². The highest BCUT2D eigenvalue weighted by Crippen LogP contribution is 2.26. The molecular weight excluding hydrogens is 234 g/mol. The smallest absolute Gasteiger partial charge is 0.0710 e. The number of nitrogen functional groups attached to an aromatic ring is 1. The molecule has 0 saturated heterocycles. The summed E-state index contributed by atoms with van der Waals surface area (Å²) in [6.07, 6.45) is 6.73. The second-order valence-corrected chi connectivity index (χ2v) is 4.68. The largest absolute Gasteiger partial charge is 0.397 e. The van der Waals surface area contributed by atoms with Crippen LogP contribution in [0.1, 0.15) is 31.5 Å². The summed E-state index contributed by atoms with van der Waals surface area (Å²) in [6.45, 7) is 6.31. The zero-order chi connectivity index (χ0) is 13.8. The number of nitrogens with two attached hydrogens (primary N) is 1. The molecule has 0 fully saturated rings. The van der Waals surface area contributed by atoms with Crippen LogP contribution in [0.15, 0.2) is 36.2 Å². The number of allylic oxidation sites excluding steroid dienone is 1. The summed E-state index contributed by atoms with van der Waals surface area (Å²) in [5, 5.41) is 0. The number of anilines is 1. The third-order valence-electron chi connectivity index (χ3n) is 3.20. The molecule has 0 aliphatic rings. The Labute approximate surface area is 114 Å². The van der Waals surface area contributed by atoms with Crippen molar-refractivity contribution in [3.8, 4) is 11.3 Å². The lowest BCUT2D eigenvalue weighted by molar-refractivity contribution is 1.11. The van der Waals surface area contributed by atoms with Gasteiger partial charge in [-0.2, -0.15) is 0 Å². The lowest BCUT2D eigenvalue weighted by atomic mass is 10.0. The van der Waals surface area contributed by atoms with Crippen molar-refractivity contribution in [3.05, 3.63) is 47.4 Å². The first-order chi connectivity index (χ1) is 9.11. The number of aromatic nitrogens is 2. The van der Waals surface area contributed by atoms with Crippen molar-refractivity contribution in [2.24, 2.45) is 0 Å². The number of pyridine rings is 2. The third-order valence-corrected chi connectivity index (χ3v) is 3.20. The molecule has 0 aliphatic carbocycles. The van der Waals surface area contributed by atoms with E-state index in [0.29, 0.717) is 5.69 Å². The van der Waals surface area contributed by atoms with Crippen LogP contribution in [-0.4, -0.2) is 9.97 Å². The van der Waals surface area contributed by atoms with Crippen LogP contribution in [0, 0.1) is 6.92 Å². The van der Waals surface area contributed by atoms with Gasteiger partial charge in [0.25, 0.3) is 0 Å². The van der Waals surface area contributed by atoms with E-state index in [0.717, 1.165) is 28.9 Å². The van der Waals surface area contributed by atoms with E-state index in [2.05, 4.69) is 29.9 Å². The summed E-state index contributed by atoms with van der Waals surface area (Å²) < 4.78 is 0. The Kier molecular flexibility index (Phi) is 3.95. The van der Waals surface area contributed by atoms with Crippen LogP contribution in [-0.2, 0) is 0 Å². The molecule has 19 heavy (non-hydrogen) atoms. The fourth-order valence-corrected chi connectivity index (χ4v) is 1.90. The molecular formula is C16H19N3. The van der Waals surface area contributed by atoms with Crippen LogP contribution in [0.4, 0.5) is 5.69 Å². The molecule has 0 aromatic carbocycles. The van der Waals surface area contributed by atoms with E-state index < -0.39 is 0 Å². The normalized spacial score (nSPS) is 11.6. The molecule has 2 rings (SSSR count). The van der Waals surface area contributed by atoms with Crippen molar-refractivity contribution in [1.29, 1.82) is 0 Å². The van der Waals surface area contributed by atoms with E-state index in [1.54, 1.807) is 6.20 Å². The summed E-state index contributed by atoms with van der Waals surface area (Å²) in [5.74, 6) is 0. The first-order valence-electron chi connectivity index (χ1n) is 6.46. The molecule has 2 aromatic rings. The molecule has 0 saturated carbocycles. The molecule has 0 amide bonds. The highest BCUT2D eigenvalue weighted by atomic mass is 14.7. The number of aryl methyl sites for hydroxylation is 1. The molecule has 0 atom stereocenters. The number of hydrogen-bond acceptors (Lipinski definition) is 3. The molecule has 2 aromatic heterocycles. The molecule has 2 N–H and O–H groups in total. The van der Waals surface area contributed by atoms with E-state index in [1.807, 2.05) is 31.3 Å². The van der Waals surface area contributed by atoms with E-state index in [9.17, 15) is 0 Å². The molecule has 3 heteroatoms. The van der Waals surface area contributed by atoms with E-state index in [1.165, 1.54) is 5.57 Å². The molecule has 98 valence electrons. The second-order valence-electron chi connectivity index (χ2n) is 4.68. The summed E-state index contributed by atoms with van der Waals surface area (Å²) >= 11 is 0. The Morgan fingerprint density at radius 1 is 1.26 bits per heavy atom. The SMILES string of the molecule is CC/C(C)=C/c1c(-c2ccc(N)cn2)ccnc1C. The summed E-state index contributed by atoms with van der Waals surface area (Å²) in [6, 6.07) is 5.82. The minimum atomic E-state index is 0.677. The van der Waals surface area contributed by atoms with Crippen molar-refractivity contribution in [1.82, 2.24) is 9.97 Å². The zero-order valence-electron chi connectivity index (χ0n) is 11.6. The van der Waals surface area contributed by atoms with Gasteiger partial charge in [0, 0.05) is 23.0 Å². The van der Waals surface area contributed by atoms with E-state index in [4.69, 9.17) is 5.73 Å². The molecule has 0 radical (unpaired) electrons. The van der Waals surface area contributed by atoms with Crippen molar-refractivity contribution < 1.29 is 0 Å². The van der Waals surface area contributed by atoms with Crippen LogP contribution in [0.3, 0.4) is 0 Å². The van der Waals surface area contributed by atoms with Gasteiger partial charge in [-0.25, -0.2) is 0 Å². The molecule has 0 unspecified atom stereocenters. The first kappa shape index (κ1) is 13.3. The predicted octanol–water partition coefficient (Wildman–Crippen LogP) is 3.85. The predicted molar refractivity (Wildman–Crippen MR) is 80.6 cm³/mol. The van der Waals surface area contributed by atoms with E-state index in [-0.39, 0.29) is 0 Å². The average Bonchev–Trinajstić information content (AvgIpc) is 2.42. The number of nitrogens with zero attached hydrogens (tertiary/aromatic N) is 2. The highest BCUT2D eigenvalue weighted by Gasteiger charge is 2.08. The Hall–Kier alpha value is -2.16. The maximum atomic E-state index is 5.69. The van der Waals surface area contributed by atoms with E-state index >= 15 is 0 Å². The summed E-state index contributed by atoms with van der Waals surface area (Å²) in [5.41, 5.74) is 11.9. The van der Waals surface area contributed by atoms with Crippen LogP contribution in [0.25, 0.3) is 17.3 Å². The Balaban J connectivity index is 2.57. The van der Waals surface area contributed by atoms with Crippen LogP contribution >= 0.6 is 0 Å². The quantitative estimate of drug-likeness (QED) is 0.904. The van der Waals surface area contributed by atoms with Gasteiger partial charge in [-0.15, -0.1) is 0 Å². The Morgan fingerprint density at radius 2 is 2.05 bits per heavy atom. The van der Waals surface area contributed by atoms with Crippen molar-refractivity contribution >= 4 is 11.8 Å². The fraction of sp³-hybridized carbons (Fsp3) is 0.250. The summed E-state index contributed by atoms with van der Waals surface area (Å²) in [4.78, 5) is 8.77. The molecule has 0 bridgehead atoms. The van der Waals surface area contributed by atoms with Gasteiger partial charge in [-0.05, 0) is 38.5 Å². The maximum Gasteiger partial charge on any atom is 0.0710 e. The minimum Gasteiger partial charge on any atom is -0.397 e. The Bertz CT molecular complexity index is 598. The lowest BCUT2D eigenvalue weighted by Crippen LogP contribution is -1.94. The van der Waals surface area contributed by atoms with Gasteiger partial charge < -0.3 is 5.73 Å². The van der Waals surface area contributed by atoms with Gasteiger partial charge in [0.1, 0.15) is 0 Å². The standard InChI is InChI=1S/C16H19N3/c1-4-11(2)9-15-12(3)18-8-7-14(15)16-6-5-13(17)10-19-16/h5-10H,4,17H2,1-3H3/b11-9+. The van der Waals surface area contributed by atoms with Gasteiger partial charge in [0.05, 0.1) is 17.6 Å². The van der Waals surface area contributed by atoms with Gasteiger partial charge >= 0.3 is 0 Å². The van der Waals surface area contributed by atoms with Gasteiger partial charge in [-0.1, -0.05) is 18.6 Å². The minimum absolute atomic E-state index is 0.677. The van der Waals surface area contributed by atoms with Crippen molar-refractivity contribution in [3.63, 3.8) is 0 Å². The topological polar surface area (TPSA) is 51.8 Å². The van der Waals surface area contributed by atoms with Crippen molar-refractivity contribution in [2.45, 2.75) is 27.2 Å². The Morgan fingerprint density at radius 3 is 2.68 bits per heavy atom. The summed E-state index contributed by atoms with van der Waals surface area (Å²) in [7, 11) is 0. The lowest BCUT2D eigenvalue weighted by Gasteiger charge is -2.09. The van der Waals surface area contributed by atoms with Crippen LogP contribution in [0.5, 0.6) is 0 Å². The molecule has 0 aliphatic heterocycles. The monoisotopic (exact) mass is 253 g/mol. The third kappa shape index (κ3) is 2.99. The highest BCUT2D eigenvalue weighted by molar-refractivity contribution is 5.75. The van der Waals surface area contributed by atoms with Crippen LogP contribution in [0.2, 0.25) is 0 Å². The first-order valence-corrected chi connectivity index (χ1v) is 6.46. The second kappa shape index (κ2) is 5.65. The zero-order valence-corrected chi connectivity index (χ0v) is 11.6. The fourth-order valence-electron chi connectivity index (χ4n) is 1.90.